The summed E-state index contributed by atoms with van der Waals surface area (Å²) in [5.41, 5.74) is 3.03. The minimum absolute atomic E-state index is 0.0548. The van der Waals surface area contributed by atoms with E-state index < -0.39 is 28.5 Å². The molecule has 0 aliphatic carbocycles. The summed E-state index contributed by atoms with van der Waals surface area (Å²) >= 11 is 0. The van der Waals surface area contributed by atoms with E-state index in [0.717, 1.165) is 21.0 Å². The minimum atomic E-state index is -4.19. The molecule has 0 bridgehead atoms. The summed E-state index contributed by atoms with van der Waals surface area (Å²) in [6.45, 7) is 11.9. The first-order valence-corrected chi connectivity index (χ1v) is 15.9. The van der Waals surface area contributed by atoms with E-state index in [1.165, 1.54) is 17.0 Å². The molecule has 3 aromatic rings. The Kier molecular flexibility index (Phi) is 11.6. The Labute approximate surface area is 250 Å². The van der Waals surface area contributed by atoms with Crippen LogP contribution in [0.15, 0.2) is 77.7 Å². The summed E-state index contributed by atoms with van der Waals surface area (Å²) in [5, 5.41) is 2.95. The number of aryl methyl sites for hydroxylation is 2. The summed E-state index contributed by atoms with van der Waals surface area (Å²) in [6, 6.07) is 20.2. The maximum absolute atomic E-state index is 14.3. The summed E-state index contributed by atoms with van der Waals surface area (Å²) in [4.78, 5) is 29.2. The zero-order chi connectivity index (χ0) is 30.9. The second-order valence-corrected chi connectivity index (χ2v) is 12.7. The molecule has 0 unspecified atom stereocenters. The standard InChI is InChI=1S/C33H43N3O5S/c1-7-29(33(38)34-21-24(3)4)35(22-27-13-11-12-26(6)20-27)32(37)23-36(30-14-9-10-15-31(30)41-8-2)42(39,40)28-18-16-25(5)17-19-28/h9-20,24,29H,7-8,21-23H2,1-6H3,(H,34,38)/t29-/m0/s1. The van der Waals surface area contributed by atoms with Gasteiger partial charge in [0, 0.05) is 13.1 Å². The fraction of sp³-hybridized carbons (Fsp3) is 0.394. The van der Waals surface area contributed by atoms with Crippen molar-refractivity contribution in [3.63, 3.8) is 0 Å². The van der Waals surface area contributed by atoms with Gasteiger partial charge in [-0.3, -0.25) is 13.9 Å². The van der Waals surface area contributed by atoms with Gasteiger partial charge in [0.2, 0.25) is 11.8 Å². The summed E-state index contributed by atoms with van der Waals surface area (Å²) in [5.74, 6) is -0.187. The predicted molar refractivity (Wildman–Crippen MR) is 167 cm³/mol. The smallest absolute Gasteiger partial charge is 0.264 e. The van der Waals surface area contributed by atoms with Crippen LogP contribution in [0, 0.1) is 19.8 Å². The topological polar surface area (TPSA) is 96.0 Å². The van der Waals surface area contributed by atoms with Crippen molar-refractivity contribution in [1.29, 1.82) is 0 Å². The van der Waals surface area contributed by atoms with Gasteiger partial charge >= 0.3 is 0 Å². The molecule has 2 amide bonds. The van der Waals surface area contributed by atoms with Crippen molar-refractivity contribution in [2.75, 3.05) is 24.0 Å². The number of hydrogen-bond donors (Lipinski definition) is 1. The summed E-state index contributed by atoms with van der Waals surface area (Å²) in [6.07, 6.45) is 0.363. The number of benzene rings is 3. The third-order valence-electron chi connectivity index (χ3n) is 6.83. The SMILES string of the molecule is CCOc1ccccc1N(CC(=O)N(Cc1cccc(C)c1)[C@@H](CC)C(=O)NCC(C)C)S(=O)(=O)c1ccc(C)cc1. The molecule has 0 saturated heterocycles. The monoisotopic (exact) mass is 593 g/mol. The molecule has 3 rings (SSSR count). The van der Waals surface area contributed by atoms with Gasteiger partial charge in [0.15, 0.2) is 0 Å². The fourth-order valence-corrected chi connectivity index (χ4v) is 6.07. The Balaban J connectivity index is 2.10. The number of anilines is 1. The predicted octanol–water partition coefficient (Wildman–Crippen LogP) is 5.48. The third-order valence-corrected chi connectivity index (χ3v) is 8.60. The van der Waals surface area contributed by atoms with Crippen molar-refractivity contribution in [2.24, 2.45) is 5.92 Å². The molecule has 0 spiro atoms. The van der Waals surface area contributed by atoms with Gasteiger partial charge in [-0.25, -0.2) is 8.42 Å². The van der Waals surface area contributed by atoms with E-state index in [4.69, 9.17) is 4.74 Å². The Morgan fingerprint density at radius 2 is 1.60 bits per heavy atom. The Bertz CT molecular complexity index is 1450. The highest BCUT2D eigenvalue weighted by Crippen LogP contribution is 2.33. The van der Waals surface area contributed by atoms with Gasteiger partial charge in [0.05, 0.1) is 17.2 Å². The fourth-order valence-electron chi connectivity index (χ4n) is 4.64. The number of nitrogens with one attached hydrogen (secondary N) is 1. The summed E-state index contributed by atoms with van der Waals surface area (Å²) in [7, 11) is -4.19. The maximum Gasteiger partial charge on any atom is 0.264 e. The molecule has 0 aromatic heterocycles. The molecule has 1 atom stereocenters. The average Bonchev–Trinajstić information content (AvgIpc) is 2.95. The lowest BCUT2D eigenvalue weighted by Gasteiger charge is -2.33. The van der Waals surface area contributed by atoms with Gasteiger partial charge in [0.25, 0.3) is 10.0 Å². The van der Waals surface area contributed by atoms with Crippen LogP contribution >= 0.6 is 0 Å². The highest BCUT2D eigenvalue weighted by molar-refractivity contribution is 7.92. The Hall–Kier alpha value is -3.85. The number of sulfonamides is 1. The largest absolute Gasteiger partial charge is 0.492 e. The van der Waals surface area contributed by atoms with Gasteiger partial charge in [-0.1, -0.05) is 80.4 Å². The molecule has 0 aliphatic rings. The molecular formula is C33H43N3O5S. The molecule has 226 valence electrons. The molecule has 0 aliphatic heterocycles. The van der Waals surface area contributed by atoms with E-state index >= 15 is 0 Å². The van der Waals surface area contributed by atoms with Gasteiger partial charge in [0.1, 0.15) is 18.3 Å². The van der Waals surface area contributed by atoms with Crippen LogP contribution in [-0.2, 0) is 26.2 Å². The molecule has 3 aromatic carbocycles. The van der Waals surface area contributed by atoms with Crippen LogP contribution in [0.2, 0.25) is 0 Å². The quantitative estimate of drug-likeness (QED) is 0.267. The normalized spacial score (nSPS) is 12.1. The second kappa shape index (κ2) is 14.9. The molecule has 8 nitrogen and oxygen atoms in total. The molecule has 0 radical (unpaired) electrons. The number of hydrogen-bond acceptors (Lipinski definition) is 5. The van der Waals surface area contributed by atoms with E-state index in [9.17, 15) is 18.0 Å². The number of carbonyl (C=O) groups is 2. The second-order valence-electron chi connectivity index (χ2n) is 10.8. The lowest BCUT2D eigenvalue weighted by Crippen LogP contribution is -2.52. The van der Waals surface area contributed by atoms with Crippen molar-refractivity contribution in [3.8, 4) is 5.75 Å². The van der Waals surface area contributed by atoms with Crippen LogP contribution in [0.1, 0.15) is 50.8 Å². The lowest BCUT2D eigenvalue weighted by atomic mass is 10.1. The van der Waals surface area contributed by atoms with Crippen molar-refractivity contribution < 1.29 is 22.7 Å². The molecule has 0 heterocycles. The number of amides is 2. The number of nitrogens with zero attached hydrogens (tertiary/aromatic N) is 2. The third kappa shape index (κ3) is 8.35. The summed E-state index contributed by atoms with van der Waals surface area (Å²) < 4.78 is 35.1. The van der Waals surface area contributed by atoms with E-state index in [1.54, 1.807) is 36.4 Å². The first-order valence-electron chi connectivity index (χ1n) is 14.4. The van der Waals surface area contributed by atoms with Crippen LogP contribution in [0.25, 0.3) is 0 Å². The van der Waals surface area contributed by atoms with Crippen LogP contribution in [0.3, 0.4) is 0 Å². The average molecular weight is 594 g/mol. The zero-order valence-corrected chi connectivity index (χ0v) is 26.3. The Morgan fingerprint density at radius 3 is 2.21 bits per heavy atom. The van der Waals surface area contributed by atoms with E-state index in [0.29, 0.717) is 25.3 Å². The van der Waals surface area contributed by atoms with Crippen molar-refractivity contribution in [1.82, 2.24) is 10.2 Å². The number of para-hydroxylation sites is 2. The highest BCUT2D eigenvalue weighted by Gasteiger charge is 2.34. The number of ether oxygens (including phenoxy) is 1. The van der Waals surface area contributed by atoms with Gasteiger partial charge in [-0.2, -0.15) is 0 Å². The van der Waals surface area contributed by atoms with E-state index in [-0.39, 0.29) is 29.0 Å². The number of rotatable bonds is 14. The van der Waals surface area contributed by atoms with Crippen LogP contribution < -0.4 is 14.4 Å². The molecule has 1 N–H and O–H groups in total. The van der Waals surface area contributed by atoms with Crippen molar-refractivity contribution >= 4 is 27.5 Å². The molecule has 42 heavy (non-hydrogen) atoms. The molecular weight excluding hydrogens is 550 g/mol. The zero-order valence-electron chi connectivity index (χ0n) is 25.5. The van der Waals surface area contributed by atoms with Crippen molar-refractivity contribution in [2.45, 2.75) is 65.4 Å². The maximum atomic E-state index is 14.3. The van der Waals surface area contributed by atoms with Gasteiger partial charge < -0.3 is 15.0 Å². The van der Waals surface area contributed by atoms with E-state index in [1.807, 2.05) is 65.8 Å². The highest BCUT2D eigenvalue weighted by atomic mass is 32.2. The first-order chi connectivity index (χ1) is 20.0. The van der Waals surface area contributed by atoms with Crippen LogP contribution in [-0.4, -0.2) is 50.9 Å². The van der Waals surface area contributed by atoms with Gasteiger partial charge in [-0.05, 0) is 62.9 Å². The van der Waals surface area contributed by atoms with Crippen molar-refractivity contribution in [3.05, 3.63) is 89.5 Å². The minimum Gasteiger partial charge on any atom is -0.492 e. The molecule has 0 fully saturated rings. The molecule has 0 saturated carbocycles. The Morgan fingerprint density at radius 1 is 0.905 bits per heavy atom. The first kappa shape index (κ1) is 32.7. The van der Waals surface area contributed by atoms with E-state index in [2.05, 4.69) is 5.32 Å². The lowest BCUT2D eigenvalue weighted by molar-refractivity contribution is -0.140. The van der Waals surface area contributed by atoms with Gasteiger partial charge in [-0.15, -0.1) is 0 Å². The molecule has 9 heteroatoms. The number of carbonyl (C=O) groups excluding carboxylic acids is 2. The van der Waals surface area contributed by atoms with Crippen LogP contribution in [0.5, 0.6) is 5.75 Å². The van der Waals surface area contributed by atoms with Crippen LogP contribution in [0.4, 0.5) is 5.69 Å².